The Bertz CT molecular complexity index is 353. The molecule has 112 valence electrons. The van der Waals surface area contributed by atoms with Gasteiger partial charge in [0.1, 0.15) is 0 Å². The molecular formula is C19H30S. The summed E-state index contributed by atoms with van der Waals surface area (Å²) in [6.07, 6.45) is 14.4. The number of benzene rings is 1. The van der Waals surface area contributed by atoms with Crippen molar-refractivity contribution in [2.45, 2.75) is 76.5 Å². The van der Waals surface area contributed by atoms with E-state index in [0.29, 0.717) is 0 Å². The minimum atomic E-state index is 1.25. The molecule has 0 aromatic heterocycles. The summed E-state index contributed by atoms with van der Waals surface area (Å²) in [5.41, 5.74) is 0. The van der Waals surface area contributed by atoms with Crippen LogP contribution in [0.2, 0.25) is 0 Å². The van der Waals surface area contributed by atoms with Gasteiger partial charge in [0.05, 0.1) is 0 Å². The molecule has 1 aromatic rings. The first-order valence-corrected chi connectivity index (χ1v) is 9.10. The van der Waals surface area contributed by atoms with Crippen LogP contribution in [0.5, 0.6) is 0 Å². The Hall–Kier alpha value is -0.690. The molecule has 0 fully saturated rings. The van der Waals surface area contributed by atoms with Gasteiger partial charge in [-0.25, -0.2) is 0 Å². The first-order valence-electron chi connectivity index (χ1n) is 8.28. The van der Waals surface area contributed by atoms with Crippen LogP contribution in [0.25, 0.3) is 0 Å². The van der Waals surface area contributed by atoms with Crippen LogP contribution in [-0.2, 0) is 0 Å². The van der Waals surface area contributed by atoms with Crippen molar-refractivity contribution in [2.75, 3.05) is 0 Å². The lowest BCUT2D eigenvalue weighted by Gasteiger charge is -2.07. The van der Waals surface area contributed by atoms with E-state index in [2.05, 4.69) is 50.3 Å². The van der Waals surface area contributed by atoms with Crippen molar-refractivity contribution in [1.29, 1.82) is 0 Å². The van der Waals surface area contributed by atoms with Gasteiger partial charge >= 0.3 is 0 Å². The molecular weight excluding hydrogens is 260 g/mol. The van der Waals surface area contributed by atoms with E-state index in [4.69, 9.17) is 0 Å². The highest BCUT2D eigenvalue weighted by Gasteiger charge is 2.01. The van der Waals surface area contributed by atoms with E-state index in [1.807, 2.05) is 11.8 Å². The molecule has 0 aliphatic rings. The Labute approximate surface area is 130 Å². The number of allylic oxidation sites excluding steroid dienone is 2. The van der Waals surface area contributed by atoms with Gasteiger partial charge in [0.15, 0.2) is 0 Å². The van der Waals surface area contributed by atoms with Crippen LogP contribution in [0.1, 0.15) is 71.6 Å². The minimum Gasteiger partial charge on any atom is -0.0949 e. The number of hydrogen-bond donors (Lipinski definition) is 0. The molecule has 1 rings (SSSR count). The Morgan fingerprint density at radius 2 is 1.60 bits per heavy atom. The molecule has 0 amide bonds. The monoisotopic (exact) mass is 290 g/mol. The van der Waals surface area contributed by atoms with E-state index in [1.165, 1.54) is 62.7 Å². The lowest BCUT2D eigenvalue weighted by Crippen LogP contribution is -1.83. The second kappa shape index (κ2) is 12.1. The first-order chi connectivity index (χ1) is 9.86. The van der Waals surface area contributed by atoms with Gasteiger partial charge in [0.25, 0.3) is 0 Å². The third-order valence-electron chi connectivity index (χ3n) is 3.45. The van der Waals surface area contributed by atoms with Crippen LogP contribution in [-0.4, -0.2) is 0 Å². The number of unbranched alkanes of at least 4 members (excludes halogenated alkanes) is 6. The highest BCUT2D eigenvalue weighted by Crippen LogP contribution is 2.30. The van der Waals surface area contributed by atoms with Gasteiger partial charge in [-0.3, -0.25) is 0 Å². The minimum absolute atomic E-state index is 1.25. The van der Waals surface area contributed by atoms with Crippen LogP contribution < -0.4 is 0 Å². The van der Waals surface area contributed by atoms with Crippen molar-refractivity contribution in [3.8, 4) is 0 Å². The maximum atomic E-state index is 2.49. The quantitative estimate of drug-likeness (QED) is 0.306. The van der Waals surface area contributed by atoms with E-state index in [0.717, 1.165) is 0 Å². The first kappa shape index (κ1) is 17.4. The van der Waals surface area contributed by atoms with E-state index < -0.39 is 0 Å². The molecule has 0 bridgehead atoms. The zero-order chi connectivity index (χ0) is 14.5. The summed E-state index contributed by atoms with van der Waals surface area (Å²) in [6, 6.07) is 10.8. The summed E-state index contributed by atoms with van der Waals surface area (Å²) >= 11 is 1.96. The Balaban J connectivity index is 2.44. The second-order valence-corrected chi connectivity index (χ2v) is 6.59. The molecule has 0 heterocycles. The fraction of sp³-hybridized carbons (Fsp3) is 0.579. The van der Waals surface area contributed by atoms with E-state index in [-0.39, 0.29) is 0 Å². The van der Waals surface area contributed by atoms with Crippen molar-refractivity contribution in [2.24, 2.45) is 0 Å². The van der Waals surface area contributed by atoms with Gasteiger partial charge in [0, 0.05) is 4.90 Å². The molecule has 0 N–H and O–H groups in total. The zero-order valence-electron chi connectivity index (χ0n) is 13.2. The van der Waals surface area contributed by atoms with Crippen molar-refractivity contribution < 1.29 is 0 Å². The Morgan fingerprint density at radius 1 is 0.900 bits per heavy atom. The number of rotatable bonds is 11. The third kappa shape index (κ3) is 8.47. The highest BCUT2D eigenvalue weighted by molar-refractivity contribution is 8.03. The molecule has 0 radical (unpaired) electrons. The van der Waals surface area contributed by atoms with Crippen LogP contribution in [0.4, 0.5) is 0 Å². The van der Waals surface area contributed by atoms with E-state index in [9.17, 15) is 0 Å². The average molecular weight is 291 g/mol. The molecule has 1 aromatic carbocycles. The average Bonchev–Trinajstić information content (AvgIpc) is 2.48. The standard InChI is InChI=1S/C19H30S/c1-3-5-7-8-11-15-18(14-10-6-4-2)20-19-16-12-9-13-17-19/h9,12-13,15-17H,3-8,10-11,14H2,1-2H3/b18-15+. The van der Waals surface area contributed by atoms with Gasteiger partial charge in [-0.2, -0.15) is 0 Å². The molecule has 0 atom stereocenters. The molecule has 0 spiro atoms. The van der Waals surface area contributed by atoms with Crippen molar-refractivity contribution in [3.63, 3.8) is 0 Å². The predicted octanol–water partition coefficient (Wildman–Crippen LogP) is 7.21. The van der Waals surface area contributed by atoms with Crippen molar-refractivity contribution >= 4 is 11.8 Å². The largest absolute Gasteiger partial charge is 0.0949 e. The molecule has 0 nitrogen and oxygen atoms in total. The summed E-state index contributed by atoms with van der Waals surface area (Å²) in [7, 11) is 0. The molecule has 0 saturated carbocycles. The van der Waals surface area contributed by atoms with Crippen LogP contribution >= 0.6 is 11.8 Å². The van der Waals surface area contributed by atoms with Gasteiger partial charge in [-0.05, 0) is 42.7 Å². The molecule has 20 heavy (non-hydrogen) atoms. The second-order valence-electron chi connectivity index (χ2n) is 5.39. The molecule has 0 aliphatic heterocycles. The lowest BCUT2D eigenvalue weighted by atomic mass is 10.1. The molecule has 0 unspecified atom stereocenters. The normalized spacial score (nSPS) is 11.8. The predicted molar refractivity (Wildman–Crippen MR) is 93.3 cm³/mol. The molecule has 1 heteroatoms. The van der Waals surface area contributed by atoms with Gasteiger partial charge < -0.3 is 0 Å². The summed E-state index contributed by atoms with van der Waals surface area (Å²) < 4.78 is 0. The van der Waals surface area contributed by atoms with Gasteiger partial charge in [0.2, 0.25) is 0 Å². The zero-order valence-corrected chi connectivity index (χ0v) is 14.1. The maximum Gasteiger partial charge on any atom is 0.0118 e. The van der Waals surface area contributed by atoms with Crippen LogP contribution in [0, 0.1) is 0 Å². The van der Waals surface area contributed by atoms with Gasteiger partial charge in [-0.1, -0.05) is 82.0 Å². The van der Waals surface area contributed by atoms with E-state index >= 15 is 0 Å². The third-order valence-corrected chi connectivity index (χ3v) is 4.59. The Morgan fingerprint density at radius 3 is 2.30 bits per heavy atom. The fourth-order valence-electron chi connectivity index (χ4n) is 2.22. The highest BCUT2D eigenvalue weighted by atomic mass is 32.2. The topological polar surface area (TPSA) is 0 Å². The summed E-state index contributed by atoms with van der Waals surface area (Å²) in [5, 5.41) is 0. The molecule has 0 saturated heterocycles. The smallest absolute Gasteiger partial charge is 0.0118 e. The van der Waals surface area contributed by atoms with Crippen molar-refractivity contribution in [3.05, 3.63) is 41.3 Å². The van der Waals surface area contributed by atoms with Crippen LogP contribution in [0.15, 0.2) is 46.2 Å². The number of thioether (sulfide) groups is 1. The fourth-order valence-corrected chi connectivity index (χ4v) is 3.26. The summed E-state index contributed by atoms with van der Waals surface area (Å²) in [6.45, 7) is 4.55. The maximum absolute atomic E-state index is 2.49. The Kier molecular flexibility index (Phi) is 10.5. The summed E-state index contributed by atoms with van der Waals surface area (Å²) in [4.78, 5) is 2.95. The SMILES string of the molecule is CCCCCC/C=C(\CCCCC)Sc1ccccc1. The van der Waals surface area contributed by atoms with Crippen LogP contribution in [0.3, 0.4) is 0 Å². The van der Waals surface area contributed by atoms with E-state index in [1.54, 1.807) is 4.91 Å². The number of hydrogen-bond acceptors (Lipinski definition) is 1. The lowest BCUT2D eigenvalue weighted by molar-refractivity contribution is 0.671. The summed E-state index contributed by atoms with van der Waals surface area (Å²) in [5.74, 6) is 0. The van der Waals surface area contributed by atoms with Crippen molar-refractivity contribution in [1.82, 2.24) is 0 Å². The van der Waals surface area contributed by atoms with Gasteiger partial charge in [-0.15, -0.1) is 0 Å². The molecule has 0 aliphatic carbocycles.